The molecule has 0 aliphatic carbocycles. The van der Waals surface area contributed by atoms with Crippen molar-refractivity contribution in [1.29, 1.82) is 0 Å². The Kier molecular flexibility index (Phi) is 7.60. The molecule has 0 bridgehead atoms. The second-order valence-electron chi connectivity index (χ2n) is 5.00. The van der Waals surface area contributed by atoms with Gasteiger partial charge in [0.1, 0.15) is 0 Å². The van der Waals surface area contributed by atoms with Crippen molar-refractivity contribution in [1.82, 2.24) is 9.55 Å². The maximum atomic E-state index is 6.27. The molecule has 1 aromatic carbocycles. The van der Waals surface area contributed by atoms with E-state index in [0.29, 0.717) is 16.7 Å². The molecule has 1 heterocycles. The molecule has 2 aromatic rings. The fourth-order valence-corrected chi connectivity index (χ4v) is 3.60. The summed E-state index contributed by atoms with van der Waals surface area (Å²) in [5.74, 6) is 0. The summed E-state index contributed by atoms with van der Waals surface area (Å²) in [4.78, 5) is 5.11. The van der Waals surface area contributed by atoms with E-state index in [1.54, 1.807) is 24.0 Å². The minimum absolute atomic E-state index is 0.268. The molecule has 0 saturated carbocycles. The van der Waals surface area contributed by atoms with Gasteiger partial charge in [-0.15, -0.1) is 11.8 Å². The first kappa shape index (κ1) is 17.7. The third-order valence-electron chi connectivity index (χ3n) is 3.11. The molecule has 0 N–H and O–H groups in total. The molecule has 1 aromatic heterocycles. The largest absolute Gasteiger partial charge is 0.380 e. The number of aromatic nitrogens is 2. The van der Waals surface area contributed by atoms with Gasteiger partial charge in [0.05, 0.1) is 23.2 Å². The number of ether oxygens (including phenoxy) is 1. The second-order valence-corrected chi connectivity index (χ2v) is 7.19. The highest BCUT2D eigenvalue weighted by atomic mass is 35.5. The molecule has 1 unspecified atom stereocenters. The summed E-state index contributed by atoms with van der Waals surface area (Å²) in [6, 6.07) is 5.60. The van der Waals surface area contributed by atoms with Crippen LogP contribution in [0.5, 0.6) is 0 Å². The van der Waals surface area contributed by atoms with Crippen LogP contribution < -0.4 is 0 Å². The lowest BCUT2D eigenvalue weighted by molar-refractivity contribution is 0.129. The van der Waals surface area contributed by atoms with Gasteiger partial charge in [0, 0.05) is 35.5 Å². The van der Waals surface area contributed by atoms with Crippen LogP contribution in [0.25, 0.3) is 0 Å². The lowest BCUT2D eigenvalue weighted by Gasteiger charge is -2.18. The standard InChI is InChI=1S/C16H20Cl2N2OS/c1-2-3-8-21-11-14(10-20-7-6-19-12-20)22-16-5-4-13(17)9-15(16)18/h4-7,9,12,14H,2-3,8,10-11H2,1H3. The van der Waals surface area contributed by atoms with Crippen LogP contribution in [0.15, 0.2) is 41.8 Å². The van der Waals surface area contributed by atoms with Crippen LogP contribution in [0, 0.1) is 0 Å². The number of benzene rings is 1. The molecule has 3 nitrogen and oxygen atoms in total. The highest BCUT2D eigenvalue weighted by molar-refractivity contribution is 8.00. The van der Waals surface area contributed by atoms with Crippen molar-refractivity contribution in [2.24, 2.45) is 0 Å². The van der Waals surface area contributed by atoms with Crippen LogP contribution in [0.2, 0.25) is 10.0 Å². The Balaban J connectivity index is 1.99. The zero-order valence-corrected chi connectivity index (χ0v) is 14.9. The predicted molar refractivity (Wildman–Crippen MR) is 94.1 cm³/mol. The number of hydrogen-bond acceptors (Lipinski definition) is 3. The van der Waals surface area contributed by atoms with E-state index in [9.17, 15) is 0 Å². The maximum absolute atomic E-state index is 6.27. The van der Waals surface area contributed by atoms with E-state index in [2.05, 4.69) is 16.5 Å². The smallest absolute Gasteiger partial charge is 0.0946 e. The summed E-state index contributed by atoms with van der Waals surface area (Å²) in [7, 11) is 0. The van der Waals surface area contributed by atoms with Crippen LogP contribution >= 0.6 is 35.0 Å². The number of nitrogens with zero attached hydrogens (tertiary/aromatic N) is 2. The van der Waals surface area contributed by atoms with Crippen molar-refractivity contribution in [3.05, 3.63) is 47.0 Å². The van der Waals surface area contributed by atoms with E-state index >= 15 is 0 Å². The summed E-state index contributed by atoms with van der Waals surface area (Å²) in [6.45, 7) is 4.47. The number of imidazole rings is 1. The summed E-state index contributed by atoms with van der Waals surface area (Å²) in [6.07, 6.45) is 7.80. The first-order chi connectivity index (χ1) is 10.7. The Morgan fingerprint density at radius 3 is 2.91 bits per heavy atom. The summed E-state index contributed by atoms with van der Waals surface area (Å²) in [5, 5.41) is 1.60. The van der Waals surface area contributed by atoms with Gasteiger partial charge in [-0.05, 0) is 24.6 Å². The maximum Gasteiger partial charge on any atom is 0.0946 e. The summed E-state index contributed by atoms with van der Waals surface area (Å²) in [5.41, 5.74) is 0. The molecular formula is C16H20Cl2N2OS. The van der Waals surface area contributed by atoms with E-state index in [1.807, 2.05) is 24.7 Å². The van der Waals surface area contributed by atoms with Crippen molar-refractivity contribution >= 4 is 35.0 Å². The number of hydrogen-bond donors (Lipinski definition) is 0. The molecule has 0 fully saturated rings. The average Bonchev–Trinajstić information content (AvgIpc) is 2.99. The van der Waals surface area contributed by atoms with Crippen molar-refractivity contribution < 1.29 is 4.74 Å². The molecule has 22 heavy (non-hydrogen) atoms. The normalized spacial score (nSPS) is 12.5. The van der Waals surface area contributed by atoms with Gasteiger partial charge in [-0.2, -0.15) is 0 Å². The number of halogens is 2. The van der Waals surface area contributed by atoms with E-state index in [-0.39, 0.29) is 5.25 Å². The molecule has 0 aliphatic rings. The molecule has 2 rings (SSSR count). The molecule has 0 spiro atoms. The lowest BCUT2D eigenvalue weighted by atomic mass is 10.3. The third kappa shape index (κ3) is 5.84. The van der Waals surface area contributed by atoms with E-state index in [0.717, 1.165) is 30.9 Å². The average molecular weight is 359 g/mol. The Morgan fingerprint density at radius 2 is 2.23 bits per heavy atom. The zero-order valence-electron chi connectivity index (χ0n) is 12.5. The van der Waals surface area contributed by atoms with Gasteiger partial charge >= 0.3 is 0 Å². The quantitative estimate of drug-likeness (QED) is 0.457. The molecule has 0 saturated heterocycles. The summed E-state index contributed by atoms with van der Waals surface area (Å²) < 4.78 is 7.86. The Hall–Kier alpha value is -0.680. The van der Waals surface area contributed by atoms with Gasteiger partial charge in [-0.25, -0.2) is 4.98 Å². The third-order valence-corrected chi connectivity index (χ3v) is 5.00. The van der Waals surface area contributed by atoms with Gasteiger partial charge in [0.15, 0.2) is 0 Å². The van der Waals surface area contributed by atoms with Crippen molar-refractivity contribution in [2.75, 3.05) is 13.2 Å². The molecule has 0 amide bonds. The van der Waals surface area contributed by atoms with Crippen LogP contribution in [0.1, 0.15) is 19.8 Å². The lowest BCUT2D eigenvalue weighted by Crippen LogP contribution is -2.19. The fraction of sp³-hybridized carbons (Fsp3) is 0.438. The minimum Gasteiger partial charge on any atom is -0.380 e. The molecular weight excluding hydrogens is 339 g/mol. The molecule has 0 aliphatic heterocycles. The van der Waals surface area contributed by atoms with E-state index in [1.165, 1.54) is 0 Å². The Labute approximate surface area is 146 Å². The first-order valence-electron chi connectivity index (χ1n) is 7.34. The number of unbranched alkanes of at least 4 members (excludes halogenated alkanes) is 1. The topological polar surface area (TPSA) is 27.1 Å². The molecule has 0 radical (unpaired) electrons. The molecule has 120 valence electrons. The van der Waals surface area contributed by atoms with Gasteiger partial charge in [-0.3, -0.25) is 0 Å². The van der Waals surface area contributed by atoms with Crippen LogP contribution in [0.3, 0.4) is 0 Å². The van der Waals surface area contributed by atoms with Gasteiger partial charge < -0.3 is 9.30 Å². The van der Waals surface area contributed by atoms with E-state index < -0.39 is 0 Å². The fourth-order valence-electron chi connectivity index (χ4n) is 1.97. The SMILES string of the molecule is CCCCOCC(Cn1ccnc1)Sc1ccc(Cl)cc1Cl. The summed E-state index contributed by atoms with van der Waals surface area (Å²) >= 11 is 13.9. The predicted octanol–water partition coefficient (Wildman–Crippen LogP) is 5.17. The molecule has 6 heteroatoms. The van der Waals surface area contributed by atoms with E-state index in [4.69, 9.17) is 27.9 Å². The van der Waals surface area contributed by atoms with Gasteiger partial charge in [-0.1, -0.05) is 36.5 Å². The van der Waals surface area contributed by atoms with Crippen LogP contribution in [0.4, 0.5) is 0 Å². The monoisotopic (exact) mass is 358 g/mol. The van der Waals surface area contributed by atoms with Crippen LogP contribution in [-0.2, 0) is 11.3 Å². The van der Waals surface area contributed by atoms with Crippen LogP contribution in [-0.4, -0.2) is 28.0 Å². The number of thioether (sulfide) groups is 1. The van der Waals surface area contributed by atoms with Gasteiger partial charge in [0.2, 0.25) is 0 Å². The molecule has 1 atom stereocenters. The zero-order chi connectivity index (χ0) is 15.8. The number of rotatable bonds is 9. The Morgan fingerprint density at radius 1 is 1.36 bits per heavy atom. The highest BCUT2D eigenvalue weighted by Gasteiger charge is 2.14. The Bertz CT molecular complexity index is 563. The highest BCUT2D eigenvalue weighted by Crippen LogP contribution is 2.33. The first-order valence-corrected chi connectivity index (χ1v) is 8.97. The second kappa shape index (κ2) is 9.46. The van der Waals surface area contributed by atoms with Gasteiger partial charge in [0.25, 0.3) is 0 Å². The van der Waals surface area contributed by atoms with Crippen molar-refractivity contribution in [3.63, 3.8) is 0 Å². The van der Waals surface area contributed by atoms with Crippen molar-refractivity contribution in [2.45, 2.75) is 36.5 Å². The minimum atomic E-state index is 0.268. The van der Waals surface area contributed by atoms with Crippen molar-refractivity contribution in [3.8, 4) is 0 Å².